The first-order valence-corrected chi connectivity index (χ1v) is 5.67. The molecule has 0 aromatic heterocycles. The van der Waals surface area contributed by atoms with Gasteiger partial charge in [-0.1, -0.05) is 12.2 Å². The van der Waals surface area contributed by atoms with Crippen molar-refractivity contribution in [1.29, 1.82) is 0 Å². The second-order valence-electron chi connectivity index (χ2n) is 3.95. The van der Waals surface area contributed by atoms with Crippen molar-refractivity contribution in [1.82, 2.24) is 5.32 Å². The van der Waals surface area contributed by atoms with Gasteiger partial charge in [-0.2, -0.15) is 0 Å². The number of nitrogens with two attached hydrogens (primary N) is 1. The quantitative estimate of drug-likeness (QED) is 0.688. The molecule has 3 N–H and O–H groups in total. The molecule has 1 heterocycles. The number of hydrogen-bond donors (Lipinski definition) is 2. The van der Waals surface area contributed by atoms with Crippen molar-refractivity contribution >= 4 is 23.1 Å². The molecule has 0 saturated carbocycles. The average molecular weight is 230 g/mol. The summed E-state index contributed by atoms with van der Waals surface area (Å²) < 4.78 is 5.32. The van der Waals surface area contributed by atoms with Crippen LogP contribution in [-0.2, 0) is 9.53 Å². The molecule has 1 aliphatic rings. The van der Waals surface area contributed by atoms with Crippen LogP contribution in [0.5, 0.6) is 0 Å². The number of carbonyl (C=O) groups is 1. The molecule has 0 spiro atoms. The summed E-state index contributed by atoms with van der Waals surface area (Å²) in [6.07, 6.45) is 2.19. The van der Waals surface area contributed by atoms with Gasteiger partial charge in [-0.25, -0.2) is 0 Å². The van der Waals surface area contributed by atoms with Crippen molar-refractivity contribution < 1.29 is 9.53 Å². The Morgan fingerprint density at radius 2 is 2.47 bits per heavy atom. The van der Waals surface area contributed by atoms with Gasteiger partial charge in [-0.3, -0.25) is 4.79 Å². The highest BCUT2D eigenvalue weighted by molar-refractivity contribution is 7.80. The Morgan fingerprint density at radius 3 is 3.00 bits per heavy atom. The molecule has 86 valence electrons. The van der Waals surface area contributed by atoms with Gasteiger partial charge < -0.3 is 15.8 Å². The van der Waals surface area contributed by atoms with E-state index in [1.807, 2.05) is 0 Å². The molecular formula is C10H18N2O2S. The molecule has 1 saturated heterocycles. The SMILES string of the molecule is CC(C(=O)NCC1CCCOC1)C(N)=S. The standard InChI is InChI=1S/C10H18N2O2S/c1-7(9(11)15)10(13)12-5-8-3-2-4-14-6-8/h7-8H,2-6H2,1H3,(H2,11,15)(H,12,13). The third-order valence-corrected chi connectivity index (χ3v) is 2.99. The van der Waals surface area contributed by atoms with Crippen LogP contribution < -0.4 is 11.1 Å². The zero-order valence-corrected chi connectivity index (χ0v) is 9.81. The van der Waals surface area contributed by atoms with Crippen LogP contribution in [0.15, 0.2) is 0 Å². The van der Waals surface area contributed by atoms with Crippen LogP contribution in [-0.4, -0.2) is 30.7 Å². The Labute approximate surface area is 95.5 Å². The number of rotatable bonds is 4. The van der Waals surface area contributed by atoms with Gasteiger partial charge in [-0.05, 0) is 25.7 Å². The van der Waals surface area contributed by atoms with Crippen LogP contribution in [0.3, 0.4) is 0 Å². The number of carbonyl (C=O) groups excluding carboxylic acids is 1. The molecule has 1 aliphatic heterocycles. The smallest absolute Gasteiger partial charge is 0.229 e. The lowest BCUT2D eigenvalue weighted by Gasteiger charge is -2.22. The Hall–Kier alpha value is -0.680. The summed E-state index contributed by atoms with van der Waals surface area (Å²) in [5, 5.41) is 2.85. The van der Waals surface area contributed by atoms with Crippen molar-refractivity contribution in [2.24, 2.45) is 17.6 Å². The average Bonchev–Trinajstić information content (AvgIpc) is 2.26. The number of nitrogens with one attached hydrogen (secondary N) is 1. The van der Waals surface area contributed by atoms with E-state index in [-0.39, 0.29) is 16.8 Å². The largest absolute Gasteiger partial charge is 0.393 e. The summed E-state index contributed by atoms with van der Waals surface area (Å²) in [5.41, 5.74) is 5.39. The summed E-state index contributed by atoms with van der Waals surface area (Å²) in [5.74, 6) is -0.0428. The lowest BCUT2D eigenvalue weighted by molar-refractivity contribution is -0.123. The van der Waals surface area contributed by atoms with Crippen LogP contribution in [0.4, 0.5) is 0 Å². The predicted octanol–water partition coefficient (Wildman–Crippen LogP) is 0.451. The van der Waals surface area contributed by atoms with Crippen molar-refractivity contribution in [3.05, 3.63) is 0 Å². The second kappa shape index (κ2) is 6.02. The summed E-state index contributed by atoms with van der Waals surface area (Å²) in [7, 11) is 0. The van der Waals surface area contributed by atoms with Crippen LogP contribution in [0.1, 0.15) is 19.8 Å². The van der Waals surface area contributed by atoms with Crippen LogP contribution in [0.25, 0.3) is 0 Å². The van der Waals surface area contributed by atoms with Gasteiger partial charge in [0.1, 0.15) is 0 Å². The maximum atomic E-state index is 11.5. The van der Waals surface area contributed by atoms with Gasteiger partial charge in [0.25, 0.3) is 0 Å². The van der Waals surface area contributed by atoms with E-state index in [4.69, 9.17) is 22.7 Å². The molecule has 0 aliphatic carbocycles. The molecule has 0 radical (unpaired) electrons. The Morgan fingerprint density at radius 1 is 1.73 bits per heavy atom. The van der Waals surface area contributed by atoms with Crippen LogP contribution in [0, 0.1) is 11.8 Å². The first kappa shape index (κ1) is 12.4. The van der Waals surface area contributed by atoms with Gasteiger partial charge in [-0.15, -0.1) is 0 Å². The number of hydrogen-bond acceptors (Lipinski definition) is 3. The lowest BCUT2D eigenvalue weighted by atomic mass is 10.0. The van der Waals surface area contributed by atoms with E-state index < -0.39 is 0 Å². The highest BCUT2D eigenvalue weighted by Gasteiger charge is 2.18. The second-order valence-corrected chi connectivity index (χ2v) is 4.42. The van der Waals surface area contributed by atoms with Gasteiger partial charge in [0, 0.05) is 13.2 Å². The highest BCUT2D eigenvalue weighted by atomic mass is 32.1. The first-order valence-electron chi connectivity index (χ1n) is 5.26. The fraction of sp³-hybridized carbons (Fsp3) is 0.800. The van der Waals surface area contributed by atoms with E-state index in [9.17, 15) is 4.79 Å². The minimum atomic E-state index is -0.385. The van der Waals surface area contributed by atoms with E-state index in [0.717, 1.165) is 26.1 Å². The third kappa shape index (κ3) is 4.13. The maximum absolute atomic E-state index is 11.5. The molecule has 1 fully saturated rings. The summed E-state index contributed by atoms with van der Waals surface area (Å²) >= 11 is 4.76. The zero-order chi connectivity index (χ0) is 11.3. The molecular weight excluding hydrogens is 212 g/mol. The molecule has 0 bridgehead atoms. The minimum absolute atomic E-state index is 0.0897. The molecule has 5 heteroatoms. The molecule has 4 nitrogen and oxygen atoms in total. The molecule has 0 aromatic carbocycles. The van der Waals surface area contributed by atoms with E-state index in [1.165, 1.54) is 0 Å². The minimum Gasteiger partial charge on any atom is -0.393 e. The maximum Gasteiger partial charge on any atom is 0.229 e. The molecule has 1 rings (SSSR count). The summed E-state index contributed by atoms with van der Waals surface area (Å²) in [6.45, 7) is 3.95. The molecule has 15 heavy (non-hydrogen) atoms. The molecule has 1 amide bonds. The van der Waals surface area contributed by atoms with Gasteiger partial charge >= 0.3 is 0 Å². The van der Waals surface area contributed by atoms with Gasteiger partial charge in [0.2, 0.25) is 5.91 Å². The Balaban J connectivity index is 2.23. The van der Waals surface area contributed by atoms with E-state index >= 15 is 0 Å². The number of ether oxygens (including phenoxy) is 1. The van der Waals surface area contributed by atoms with E-state index in [0.29, 0.717) is 12.5 Å². The summed E-state index contributed by atoms with van der Waals surface area (Å²) in [6, 6.07) is 0. The van der Waals surface area contributed by atoms with E-state index in [2.05, 4.69) is 5.32 Å². The molecule has 2 unspecified atom stereocenters. The molecule has 0 aromatic rings. The van der Waals surface area contributed by atoms with E-state index in [1.54, 1.807) is 6.92 Å². The Kier molecular flexibility index (Phi) is 4.98. The topological polar surface area (TPSA) is 64.3 Å². The van der Waals surface area contributed by atoms with Crippen molar-refractivity contribution in [2.75, 3.05) is 19.8 Å². The highest BCUT2D eigenvalue weighted by Crippen LogP contribution is 2.12. The normalized spacial score (nSPS) is 23.1. The third-order valence-electron chi connectivity index (χ3n) is 2.64. The first-order chi connectivity index (χ1) is 7.11. The molecule has 2 atom stereocenters. The van der Waals surface area contributed by atoms with Crippen LogP contribution >= 0.6 is 12.2 Å². The summed E-state index contributed by atoms with van der Waals surface area (Å²) in [4.78, 5) is 11.8. The van der Waals surface area contributed by atoms with Crippen molar-refractivity contribution in [3.63, 3.8) is 0 Å². The fourth-order valence-electron chi connectivity index (χ4n) is 1.50. The van der Waals surface area contributed by atoms with Gasteiger partial charge in [0.15, 0.2) is 0 Å². The number of amides is 1. The zero-order valence-electron chi connectivity index (χ0n) is 8.99. The Bertz CT molecular complexity index is 240. The number of thiocarbonyl (C=S) groups is 1. The predicted molar refractivity (Wildman–Crippen MR) is 62.5 cm³/mol. The van der Waals surface area contributed by atoms with Gasteiger partial charge in [0.05, 0.1) is 17.5 Å². The van der Waals surface area contributed by atoms with Crippen molar-refractivity contribution in [3.8, 4) is 0 Å². The lowest BCUT2D eigenvalue weighted by Crippen LogP contribution is -2.39. The van der Waals surface area contributed by atoms with Crippen molar-refractivity contribution in [2.45, 2.75) is 19.8 Å². The van der Waals surface area contributed by atoms with Crippen LogP contribution in [0.2, 0.25) is 0 Å². The monoisotopic (exact) mass is 230 g/mol. The fourth-order valence-corrected chi connectivity index (χ4v) is 1.60.